The van der Waals surface area contributed by atoms with Crippen LogP contribution in [0.4, 0.5) is 0 Å². The monoisotopic (exact) mass is 316 g/mol. The van der Waals surface area contributed by atoms with Crippen LogP contribution in [0, 0.1) is 0 Å². The average Bonchev–Trinajstić information content (AvgIpc) is 3.25. The molecule has 1 N–H and O–H groups in total. The van der Waals surface area contributed by atoms with Crippen LogP contribution in [0.1, 0.15) is 35.8 Å². The molecule has 0 spiro atoms. The fourth-order valence-electron chi connectivity index (χ4n) is 3.19. The quantitative estimate of drug-likeness (QED) is 0.936. The Labute approximate surface area is 134 Å². The van der Waals surface area contributed by atoms with Gasteiger partial charge in [0.2, 0.25) is 0 Å². The number of methoxy groups -OCH3 is 1. The minimum atomic E-state index is -1.15. The molecule has 2 aromatic rings. The minimum Gasteiger partial charge on any atom is -0.497 e. The van der Waals surface area contributed by atoms with E-state index >= 15 is 0 Å². The Bertz CT molecular complexity index is 664. The van der Waals surface area contributed by atoms with Crippen molar-refractivity contribution in [1.82, 2.24) is 10.1 Å². The molecule has 0 saturated carbocycles. The van der Waals surface area contributed by atoms with E-state index in [9.17, 15) is 9.90 Å². The van der Waals surface area contributed by atoms with Gasteiger partial charge >= 0.3 is 0 Å². The number of amides is 1. The molecule has 1 aliphatic rings. The maximum Gasteiger partial charge on any atom is 0.276 e. The van der Waals surface area contributed by atoms with Gasteiger partial charge in [0.05, 0.1) is 13.2 Å². The third-order valence-corrected chi connectivity index (χ3v) is 4.49. The number of hydrogen-bond donors (Lipinski definition) is 1. The molecule has 0 unspecified atom stereocenters. The van der Waals surface area contributed by atoms with Gasteiger partial charge in [-0.2, -0.15) is 0 Å². The number of rotatable bonds is 4. The summed E-state index contributed by atoms with van der Waals surface area (Å²) in [5, 5.41) is 14.8. The molecule has 1 aromatic heterocycles. The zero-order chi connectivity index (χ0) is 16.4. The predicted octanol–water partition coefficient (Wildman–Crippen LogP) is 2.20. The van der Waals surface area contributed by atoms with Gasteiger partial charge in [0.25, 0.3) is 5.91 Å². The van der Waals surface area contributed by atoms with Crippen molar-refractivity contribution in [3.63, 3.8) is 0 Å². The molecule has 6 nitrogen and oxygen atoms in total. The number of aromatic nitrogens is 1. The second kappa shape index (κ2) is 6.04. The smallest absolute Gasteiger partial charge is 0.276 e. The zero-order valence-corrected chi connectivity index (χ0v) is 13.2. The summed E-state index contributed by atoms with van der Waals surface area (Å²) in [5.74, 6) is 0.515. The summed E-state index contributed by atoms with van der Waals surface area (Å²) in [6.45, 7) is 2.34. The lowest BCUT2D eigenvalue weighted by molar-refractivity contribution is -0.0180. The van der Waals surface area contributed by atoms with Crippen molar-refractivity contribution in [2.75, 3.05) is 13.7 Å². The lowest BCUT2D eigenvalue weighted by atomic mass is 9.86. The highest BCUT2D eigenvalue weighted by atomic mass is 16.5. The van der Waals surface area contributed by atoms with Crippen LogP contribution in [0.5, 0.6) is 5.75 Å². The SMILES string of the molecule is COc1ccc([C@@](C)(O)[C@@H]2CCCN2C(=O)c2ccon2)cc1. The first-order valence-corrected chi connectivity index (χ1v) is 7.62. The number of likely N-dealkylation sites (tertiary alicyclic amines) is 1. The minimum absolute atomic E-state index is 0.213. The Hall–Kier alpha value is -2.34. The first-order valence-electron chi connectivity index (χ1n) is 7.62. The van der Waals surface area contributed by atoms with Gasteiger partial charge in [0.1, 0.15) is 17.6 Å². The van der Waals surface area contributed by atoms with Crippen LogP contribution < -0.4 is 4.74 Å². The second-order valence-electron chi connectivity index (χ2n) is 5.92. The maximum absolute atomic E-state index is 12.6. The number of benzene rings is 1. The van der Waals surface area contributed by atoms with Gasteiger partial charge in [-0.05, 0) is 37.5 Å². The summed E-state index contributed by atoms with van der Waals surface area (Å²) >= 11 is 0. The van der Waals surface area contributed by atoms with Gasteiger partial charge in [-0.1, -0.05) is 17.3 Å². The topological polar surface area (TPSA) is 75.8 Å². The van der Waals surface area contributed by atoms with Crippen LogP contribution in [-0.4, -0.2) is 40.8 Å². The molecule has 1 amide bonds. The summed E-state index contributed by atoms with van der Waals surface area (Å²) < 4.78 is 9.90. The normalized spacial score (nSPS) is 20.3. The van der Waals surface area contributed by atoms with E-state index < -0.39 is 5.60 Å². The van der Waals surface area contributed by atoms with Gasteiger partial charge in [0, 0.05) is 12.6 Å². The maximum atomic E-state index is 12.6. The molecular formula is C17H20N2O4. The van der Waals surface area contributed by atoms with Crippen LogP contribution in [0.25, 0.3) is 0 Å². The highest BCUT2D eigenvalue weighted by Gasteiger charge is 2.43. The Morgan fingerprint density at radius 1 is 1.39 bits per heavy atom. The fraction of sp³-hybridized carbons (Fsp3) is 0.412. The van der Waals surface area contributed by atoms with Gasteiger partial charge in [-0.3, -0.25) is 4.79 Å². The fourth-order valence-corrected chi connectivity index (χ4v) is 3.19. The van der Waals surface area contributed by atoms with E-state index in [1.165, 1.54) is 6.26 Å². The molecule has 1 aromatic carbocycles. The number of hydrogen-bond acceptors (Lipinski definition) is 5. The van der Waals surface area contributed by atoms with E-state index in [-0.39, 0.29) is 17.6 Å². The van der Waals surface area contributed by atoms with E-state index in [2.05, 4.69) is 5.16 Å². The highest BCUT2D eigenvalue weighted by Crippen LogP contribution is 2.35. The first-order chi connectivity index (χ1) is 11.0. The summed E-state index contributed by atoms with van der Waals surface area (Å²) in [6, 6.07) is 8.51. The summed E-state index contributed by atoms with van der Waals surface area (Å²) in [4.78, 5) is 14.3. The predicted molar refractivity (Wildman–Crippen MR) is 83.1 cm³/mol. The van der Waals surface area contributed by atoms with E-state index in [4.69, 9.17) is 9.26 Å². The van der Waals surface area contributed by atoms with Crippen LogP contribution >= 0.6 is 0 Å². The standard InChI is InChI=1S/C17H20N2O4/c1-17(21,12-5-7-13(22-2)8-6-12)15-4-3-10-19(15)16(20)14-9-11-23-18-14/h5-9,11,15,21H,3-4,10H2,1-2H3/t15-,17+/m0/s1. The molecule has 2 heterocycles. The zero-order valence-electron chi connectivity index (χ0n) is 13.2. The van der Waals surface area contributed by atoms with Crippen molar-refractivity contribution in [3.05, 3.63) is 47.9 Å². The van der Waals surface area contributed by atoms with Crippen LogP contribution in [0.3, 0.4) is 0 Å². The van der Waals surface area contributed by atoms with Crippen LogP contribution in [0.15, 0.2) is 41.1 Å². The molecule has 0 radical (unpaired) electrons. The summed E-state index contributed by atoms with van der Waals surface area (Å²) in [6.07, 6.45) is 2.96. The molecule has 23 heavy (non-hydrogen) atoms. The molecule has 122 valence electrons. The van der Waals surface area contributed by atoms with E-state index in [1.807, 2.05) is 24.3 Å². The summed E-state index contributed by atoms with van der Waals surface area (Å²) in [5.41, 5.74) is -0.132. The lowest BCUT2D eigenvalue weighted by Crippen LogP contribution is -2.48. The molecule has 0 aliphatic carbocycles. The Kier molecular flexibility index (Phi) is 4.09. The molecule has 0 bridgehead atoms. The molecule has 1 saturated heterocycles. The van der Waals surface area contributed by atoms with E-state index in [1.54, 1.807) is 25.0 Å². The van der Waals surface area contributed by atoms with E-state index in [0.29, 0.717) is 6.54 Å². The summed E-state index contributed by atoms with van der Waals surface area (Å²) in [7, 11) is 1.60. The number of aliphatic hydroxyl groups is 1. The van der Waals surface area contributed by atoms with Crippen molar-refractivity contribution in [2.45, 2.75) is 31.4 Å². The third kappa shape index (κ3) is 2.82. The van der Waals surface area contributed by atoms with Crippen LogP contribution in [0.2, 0.25) is 0 Å². The molecule has 2 atom stereocenters. The van der Waals surface area contributed by atoms with Gasteiger partial charge < -0.3 is 19.3 Å². The third-order valence-electron chi connectivity index (χ3n) is 4.49. The van der Waals surface area contributed by atoms with E-state index in [0.717, 1.165) is 24.2 Å². The molecule has 1 fully saturated rings. The Balaban J connectivity index is 1.86. The van der Waals surface area contributed by atoms with Gasteiger partial charge in [0.15, 0.2) is 5.69 Å². The lowest BCUT2D eigenvalue weighted by Gasteiger charge is -2.36. The molecule has 1 aliphatic heterocycles. The largest absolute Gasteiger partial charge is 0.497 e. The van der Waals surface area contributed by atoms with Crippen molar-refractivity contribution in [1.29, 1.82) is 0 Å². The number of carbonyl (C=O) groups excluding carboxylic acids is 1. The van der Waals surface area contributed by atoms with Crippen molar-refractivity contribution >= 4 is 5.91 Å². The number of nitrogens with zero attached hydrogens (tertiary/aromatic N) is 2. The number of ether oxygens (including phenoxy) is 1. The number of carbonyl (C=O) groups is 1. The van der Waals surface area contributed by atoms with Gasteiger partial charge in [-0.25, -0.2) is 0 Å². The molecule has 3 rings (SSSR count). The van der Waals surface area contributed by atoms with Crippen LogP contribution in [-0.2, 0) is 5.60 Å². The second-order valence-corrected chi connectivity index (χ2v) is 5.92. The van der Waals surface area contributed by atoms with Gasteiger partial charge in [-0.15, -0.1) is 0 Å². The molecule has 6 heteroatoms. The molecular weight excluding hydrogens is 296 g/mol. The first kappa shape index (κ1) is 15.6. The average molecular weight is 316 g/mol. The van der Waals surface area contributed by atoms with Crippen molar-refractivity contribution < 1.29 is 19.2 Å². The highest BCUT2D eigenvalue weighted by molar-refractivity contribution is 5.92. The van der Waals surface area contributed by atoms with Crippen molar-refractivity contribution in [3.8, 4) is 5.75 Å². The van der Waals surface area contributed by atoms with Crippen molar-refractivity contribution in [2.24, 2.45) is 0 Å². The Morgan fingerprint density at radius 2 is 2.13 bits per heavy atom. The Morgan fingerprint density at radius 3 is 2.74 bits per heavy atom.